The van der Waals surface area contributed by atoms with Crippen molar-refractivity contribution in [3.05, 3.63) is 96.2 Å². The van der Waals surface area contributed by atoms with Crippen molar-refractivity contribution in [3.63, 3.8) is 0 Å². The molecule has 3 aromatic carbocycles. The highest BCUT2D eigenvalue weighted by Crippen LogP contribution is 2.55. The molecule has 0 unspecified atom stereocenters. The molecule has 0 radical (unpaired) electrons. The molecule has 0 fully saturated rings. The lowest BCUT2D eigenvalue weighted by molar-refractivity contribution is -0.660. The lowest BCUT2D eigenvalue weighted by Crippen LogP contribution is -2.31. The van der Waals surface area contributed by atoms with E-state index in [1.54, 1.807) is 0 Å². The summed E-state index contributed by atoms with van der Waals surface area (Å²) in [5.41, 5.74) is 8.77. The topological polar surface area (TPSA) is 29.5 Å². The van der Waals surface area contributed by atoms with Crippen LogP contribution >= 0.6 is 0 Å². The van der Waals surface area contributed by atoms with Gasteiger partial charge in [-0.15, -0.1) is 0 Å². The number of nitrogens with zero attached hydrogens (tertiary/aromatic N) is 2. The molecule has 5 aromatic rings. The van der Waals surface area contributed by atoms with Gasteiger partial charge in [0.25, 0.3) is 0 Å². The van der Waals surface area contributed by atoms with E-state index in [9.17, 15) is 0 Å². The molecule has 0 saturated heterocycles. The molecule has 3 heterocycles. The van der Waals surface area contributed by atoms with E-state index in [1.165, 1.54) is 11.1 Å². The summed E-state index contributed by atoms with van der Waals surface area (Å²) in [6.45, 7) is 8.98. The molecule has 0 aliphatic carbocycles. The molecule has 0 saturated carbocycles. The molecule has 0 amide bonds. The van der Waals surface area contributed by atoms with Gasteiger partial charge < -0.3 is 14.1 Å². The van der Waals surface area contributed by atoms with Gasteiger partial charge in [0.05, 0.1) is 11.3 Å². The molecule has 180 valence electrons. The van der Waals surface area contributed by atoms with Crippen LogP contribution in [0.1, 0.15) is 31.9 Å². The molecule has 36 heavy (non-hydrogen) atoms. The molecule has 2 aromatic heterocycles. The highest BCUT2D eigenvalue weighted by atomic mass is 16.6. The fourth-order valence-electron chi connectivity index (χ4n) is 5.20. The van der Waals surface area contributed by atoms with Crippen molar-refractivity contribution in [2.75, 3.05) is 4.90 Å². The van der Waals surface area contributed by atoms with E-state index in [0.29, 0.717) is 5.95 Å². The summed E-state index contributed by atoms with van der Waals surface area (Å²) in [5, 5.41) is 1.03. The van der Waals surface area contributed by atoms with Crippen LogP contribution in [0.3, 0.4) is 0 Å². The number of anilines is 3. The van der Waals surface area contributed by atoms with Gasteiger partial charge in [-0.3, -0.25) is 0 Å². The first-order chi connectivity index (χ1) is 17.3. The number of aromatic nitrogens is 1. The van der Waals surface area contributed by atoms with E-state index in [0.717, 1.165) is 51.5 Å². The summed E-state index contributed by atoms with van der Waals surface area (Å²) in [6, 6.07) is 27.4. The van der Waals surface area contributed by atoms with Gasteiger partial charge in [-0.25, -0.2) is 4.57 Å². The lowest BCUT2D eigenvalue weighted by atomic mass is 9.88. The number of furan rings is 1. The van der Waals surface area contributed by atoms with Gasteiger partial charge in [-0.2, -0.15) is 0 Å². The van der Waals surface area contributed by atoms with Crippen LogP contribution in [0.5, 0.6) is 11.7 Å². The van der Waals surface area contributed by atoms with E-state index in [-0.39, 0.29) is 5.41 Å². The summed E-state index contributed by atoms with van der Waals surface area (Å²) in [4.78, 5) is 2.25. The molecule has 0 spiro atoms. The fourth-order valence-corrected chi connectivity index (χ4v) is 5.20. The zero-order valence-electron chi connectivity index (χ0n) is 21.5. The molecule has 6 rings (SSSR count). The Balaban J connectivity index is 1.61. The van der Waals surface area contributed by atoms with Crippen LogP contribution in [0.4, 0.5) is 17.1 Å². The van der Waals surface area contributed by atoms with Crippen molar-refractivity contribution in [1.82, 2.24) is 0 Å². The molecule has 0 bridgehead atoms. The maximum atomic E-state index is 6.58. The van der Waals surface area contributed by atoms with Crippen LogP contribution < -0.4 is 14.2 Å². The molecule has 4 heteroatoms. The Hall–Kier alpha value is -4.05. The normalized spacial score (nSPS) is 12.9. The first-order valence-corrected chi connectivity index (χ1v) is 12.5. The Kier molecular flexibility index (Phi) is 5.15. The van der Waals surface area contributed by atoms with E-state index < -0.39 is 0 Å². The first kappa shape index (κ1) is 22.4. The van der Waals surface area contributed by atoms with Gasteiger partial charge in [-0.05, 0) is 60.2 Å². The van der Waals surface area contributed by atoms with Crippen LogP contribution in [0.25, 0.3) is 22.2 Å². The second-order valence-electron chi connectivity index (χ2n) is 10.9. The monoisotopic (exact) mass is 475 g/mol. The van der Waals surface area contributed by atoms with Gasteiger partial charge >= 0.3 is 5.95 Å². The van der Waals surface area contributed by atoms with E-state index in [4.69, 9.17) is 9.15 Å². The van der Waals surface area contributed by atoms with Crippen molar-refractivity contribution in [1.29, 1.82) is 0 Å². The standard InChI is InChI=1S/C32H31N2O2/c1-21-15-16-24-29-31(35-27-14-10-9-13-25(27)34(29)23-11-7-6-8-12-23)36-30(24)28(21)26-19-22(17-18-33(26)5)20-32(2,3)4/h6-19H,20H2,1-5H3/q+1. The Labute approximate surface area is 212 Å². The zero-order chi connectivity index (χ0) is 25.0. The van der Waals surface area contributed by atoms with E-state index in [2.05, 4.69) is 105 Å². The molecular weight excluding hydrogens is 444 g/mol. The van der Waals surface area contributed by atoms with Crippen LogP contribution in [0.2, 0.25) is 0 Å². The third-order valence-corrected chi connectivity index (χ3v) is 6.76. The van der Waals surface area contributed by atoms with Crippen LogP contribution in [-0.2, 0) is 13.5 Å². The van der Waals surface area contributed by atoms with Gasteiger partial charge in [-0.1, -0.05) is 57.2 Å². The first-order valence-electron chi connectivity index (χ1n) is 12.5. The smallest absolute Gasteiger partial charge is 0.316 e. The average molecular weight is 476 g/mol. The van der Waals surface area contributed by atoms with Gasteiger partial charge in [0.1, 0.15) is 12.7 Å². The number of fused-ring (bicyclic) bond motifs is 4. The number of hydrogen-bond donors (Lipinski definition) is 0. The van der Waals surface area contributed by atoms with Gasteiger partial charge in [0.15, 0.2) is 17.5 Å². The second-order valence-corrected chi connectivity index (χ2v) is 10.9. The predicted octanol–water partition coefficient (Wildman–Crippen LogP) is 8.40. The third-order valence-electron chi connectivity index (χ3n) is 6.76. The second kappa shape index (κ2) is 8.27. The summed E-state index contributed by atoms with van der Waals surface area (Å²) in [5.74, 6) is 1.30. The maximum Gasteiger partial charge on any atom is 0.316 e. The Bertz CT molecular complexity index is 1590. The largest absolute Gasteiger partial charge is 0.423 e. The minimum atomic E-state index is 0.206. The van der Waals surface area contributed by atoms with Crippen LogP contribution in [0.15, 0.2) is 89.5 Å². The van der Waals surface area contributed by atoms with Gasteiger partial charge in [0, 0.05) is 23.2 Å². The van der Waals surface area contributed by atoms with Crippen molar-refractivity contribution in [3.8, 4) is 23.0 Å². The fraction of sp³-hybridized carbons (Fsp3) is 0.219. The van der Waals surface area contributed by atoms with Crippen molar-refractivity contribution < 1.29 is 13.7 Å². The van der Waals surface area contributed by atoms with Crippen molar-refractivity contribution in [2.45, 2.75) is 34.1 Å². The maximum absolute atomic E-state index is 6.58. The number of aryl methyl sites for hydroxylation is 2. The van der Waals surface area contributed by atoms with Crippen LogP contribution in [-0.4, -0.2) is 0 Å². The molecule has 0 N–H and O–H groups in total. The zero-order valence-corrected chi connectivity index (χ0v) is 21.5. The average Bonchev–Trinajstić information content (AvgIpc) is 3.21. The molecular formula is C32H31N2O2+. The molecule has 0 atom stereocenters. The highest BCUT2D eigenvalue weighted by molar-refractivity contribution is 6.06. The minimum Gasteiger partial charge on any atom is -0.423 e. The molecule has 4 nitrogen and oxygen atoms in total. The third kappa shape index (κ3) is 3.74. The molecule has 1 aliphatic rings. The summed E-state index contributed by atoms with van der Waals surface area (Å²) in [7, 11) is 2.10. The number of para-hydroxylation sites is 3. The molecule has 1 aliphatic heterocycles. The van der Waals surface area contributed by atoms with E-state index in [1.807, 2.05) is 24.3 Å². The Morgan fingerprint density at radius 1 is 0.889 bits per heavy atom. The van der Waals surface area contributed by atoms with Crippen molar-refractivity contribution in [2.24, 2.45) is 12.5 Å². The number of pyridine rings is 1. The van der Waals surface area contributed by atoms with Gasteiger partial charge in [0.2, 0.25) is 5.69 Å². The number of rotatable bonds is 3. The summed E-state index contributed by atoms with van der Waals surface area (Å²) < 4.78 is 15.1. The lowest BCUT2D eigenvalue weighted by Gasteiger charge is -2.30. The highest BCUT2D eigenvalue weighted by Gasteiger charge is 2.33. The Morgan fingerprint density at radius 2 is 1.64 bits per heavy atom. The Morgan fingerprint density at radius 3 is 2.42 bits per heavy atom. The minimum absolute atomic E-state index is 0.206. The quantitative estimate of drug-likeness (QED) is 0.241. The van der Waals surface area contributed by atoms with Crippen molar-refractivity contribution >= 4 is 28.0 Å². The number of ether oxygens (including phenoxy) is 1. The number of benzene rings is 3. The SMILES string of the molecule is Cc1ccc2c3c(oc2c1-c1cc(CC(C)(C)C)cc[n+]1C)Oc1ccccc1N3c1ccccc1. The van der Waals surface area contributed by atoms with E-state index >= 15 is 0 Å². The summed E-state index contributed by atoms with van der Waals surface area (Å²) in [6.07, 6.45) is 3.16. The van der Waals surface area contributed by atoms with Crippen LogP contribution in [0, 0.1) is 12.3 Å². The summed E-state index contributed by atoms with van der Waals surface area (Å²) >= 11 is 0. The predicted molar refractivity (Wildman–Crippen MR) is 145 cm³/mol. The number of hydrogen-bond acceptors (Lipinski definition) is 3.